The molecule has 27 heavy (non-hydrogen) atoms. The Morgan fingerprint density at radius 1 is 1.19 bits per heavy atom. The van der Waals surface area contributed by atoms with Gasteiger partial charge in [0.2, 0.25) is 5.91 Å². The average Bonchev–Trinajstić information content (AvgIpc) is 3.25. The Morgan fingerprint density at radius 2 is 1.96 bits per heavy atom. The summed E-state index contributed by atoms with van der Waals surface area (Å²) in [5.74, 6) is 0.877. The van der Waals surface area contributed by atoms with Crippen molar-refractivity contribution in [3.63, 3.8) is 0 Å². The first kappa shape index (κ1) is 18.0. The molecule has 2 heterocycles. The third kappa shape index (κ3) is 3.71. The highest BCUT2D eigenvalue weighted by atomic mass is 35.5. The minimum atomic E-state index is -0.140. The summed E-state index contributed by atoms with van der Waals surface area (Å²) in [7, 11) is 1.91. The van der Waals surface area contributed by atoms with E-state index >= 15 is 0 Å². The smallest absolute Gasteiger partial charge is 0.234 e. The molecule has 2 aromatic heterocycles. The van der Waals surface area contributed by atoms with Crippen LogP contribution < -0.4 is 5.32 Å². The zero-order chi connectivity index (χ0) is 18.8. The fourth-order valence-corrected chi connectivity index (χ4v) is 4.54. The minimum absolute atomic E-state index is 0.140. The van der Waals surface area contributed by atoms with Crippen LogP contribution in [0.2, 0.25) is 5.02 Å². The standard InChI is InChI=1S/C19H15ClN4OS2/c1-24-18(13-10-26-16-9-5-2-6-12(13)16)22-23-19(24)27-11-17(25)21-15-8-4-3-7-14(15)20/h2-10H,11H2,1H3,(H,21,25). The summed E-state index contributed by atoms with van der Waals surface area (Å²) in [6, 6.07) is 15.4. The molecule has 8 heteroatoms. The highest BCUT2D eigenvalue weighted by molar-refractivity contribution is 7.99. The number of carbonyl (C=O) groups excluding carboxylic acids is 1. The van der Waals surface area contributed by atoms with E-state index in [9.17, 15) is 4.79 Å². The number of nitrogens with zero attached hydrogens (tertiary/aromatic N) is 3. The number of thiophene rings is 1. The van der Waals surface area contributed by atoms with Crippen molar-refractivity contribution >= 4 is 56.4 Å². The van der Waals surface area contributed by atoms with Gasteiger partial charge in [0.25, 0.3) is 0 Å². The molecule has 2 aromatic carbocycles. The first-order chi connectivity index (χ1) is 13.1. The predicted octanol–water partition coefficient (Wildman–Crippen LogP) is 5.08. The topological polar surface area (TPSA) is 59.8 Å². The van der Waals surface area contributed by atoms with Gasteiger partial charge in [0.05, 0.1) is 16.5 Å². The van der Waals surface area contributed by atoms with Crippen LogP contribution in [0.3, 0.4) is 0 Å². The normalized spacial score (nSPS) is 11.0. The summed E-state index contributed by atoms with van der Waals surface area (Å²) >= 11 is 9.10. The number of hydrogen-bond acceptors (Lipinski definition) is 5. The molecule has 0 saturated heterocycles. The number of anilines is 1. The molecule has 4 rings (SSSR count). The number of carbonyl (C=O) groups is 1. The minimum Gasteiger partial charge on any atom is -0.324 e. The highest BCUT2D eigenvalue weighted by Crippen LogP contribution is 2.33. The zero-order valence-corrected chi connectivity index (χ0v) is 16.7. The lowest BCUT2D eigenvalue weighted by Gasteiger charge is -2.07. The molecule has 0 fully saturated rings. The van der Waals surface area contributed by atoms with Gasteiger partial charge < -0.3 is 9.88 Å². The number of rotatable bonds is 5. The maximum atomic E-state index is 12.2. The van der Waals surface area contributed by atoms with E-state index < -0.39 is 0 Å². The number of amides is 1. The monoisotopic (exact) mass is 414 g/mol. The number of benzene rings is 2. The van der Waals surface area contributed by atoms with Crippen molar-refractivity contribution in [3.05, 3.63) is 58.9 Å². The van der Waals surface area contributed by atoms with E-state index in [0.29, 0.717) is 15.9 Å². The summed E-state index contributed by atoms with van der Waals surface area (Å²) in [5.41, 5.74) is 1.66. The zero-order valence-electron chi connectivity index (χ0n) is 14.3. The van der Waals surface area contributed by atoms with Gasteiger partial charge >= 0.3 is 0 Å². The number of aromatic nitrogens is 3. The molecule has 0 aliphatic rings. The van der Waals surface area contributed by atoms with Gasteiger partial charge in [-0.3, -0.25) is 4.79 Å². The van der Waals surface area contributed by atoms with Crippen LogP contribution in [0.1, 0.15) is 0 Å². The number of thioether (sulfide) groups is 1. The third-order valence-electron chi connectivity index (χ3n) is 4.04. The molecular formula is C19H15ClN4OS2. The Bertz CT molecular complexity index is 1120. The van der Waals surface area contributed by atoms with Gasteiger partial charge in [0.15, 0.2) is 11.0 Å². The summed E-state index contributed by atoms with van der Waals surface area (Å²) in [6.07, 6.45) is 0. The number of halogens is 1. The number of nitrogens with one attached hydrogen (secondary N) is 1. The Balaban J connectivity index is 1.48. The van der Waals surface area contributed by atoms with Crippen molar-refractivity contribution in [3.8, 4) is 11.4 Å². The largest absolute Gasteiger partial charge is 0.324 e. The Hall–Kier alpha value is -2.35. The molecule has 136 valence electrons. The van der Waals surface area contributed by atoms with E-state index in [-0.39, 0.29) is 11.7 Å². The van der Waals surface area contributed by atoms with Crippen LogP contribution in [0.25, 0.3) is 21.5 Å². The van der Waals surface area contributed by atoms with Crippen molar-refractivity contribution in [2.24, 2.45) is 7.05 Å². The van der Waals surface area contributed by atoms with Gasteiger partial charge in [0, 0.05) is 28.1 Å². The second kappa shape index (κ2) is 7.72. The second-order valence-corrected chi connectivity index (χ2v) is 8.09. The van der Waals surface area contributed by atoms with Crippen LogP contribution in [0.4, 0.5) is 5.69 Å². The average molecular weight is 415 g/mol. The van der Waals surface area contributed by atoms with Crippen molar-refractivity contribution in [1.82, 2.24) is 14.8 Å². The lowest BCUT2D eigenvalue weighted by molar-refractivity contribution is -0.113. The van der Waals surface area contributed by atoms with Crippen LogP contribution in [-0.4, -0.2) is 26.4 Å². The molecule has 0 saturated carbocycles. The summed E-state index contributed by atoms with van der Waals surface area (Å²) in [5, 5.41) is 15.8. The summed E-state index contributed by atoms with van der Waals surface area (Å²) in [6.45, 7) is 0. The summed E-state index contributed by atoms with van der Waals surface area (Å²) in [4.78, 5) is 12.2. The third-order valence-corrected chi connectivity index (χ3v) is 6.35. The lowest BCUT2D eigenvalue weighted by Crippen LogP contribution is -2.14. The van der Waals surface area contributed by atoms with Crippen molar-refractivity contribution in [1.29, 1.82) is 0 Å². The van der Waals surface area contributed by atoms with Crippen LogP contribution in [0.15, 0.2) is 59.1 Å². The Labute approximate surface area is 169 Å². The first-order valence-electron chi connectivity index (χ1n) is 8.16. The molecule has 4 aromatic rings. The van der Waals surface area contributed by atoms with Gasteiger partial charge in [-0.2, -0.15) is 0 Å². The Kier molecular flexibility index (Phi) is 5.15. The second-order valence-electron chi connectivity index (χ2n) is 5.83. The molecule has 1 N–H and O–H groups in total. The van der Waals surface area contributed by atoms with E-state index in [1.807, 2.05) is 35.9 Å². The molecule has 5 nitrogen and oxygen atoms in total. The molecule has 0 atom stereocenters. The Morgan fingerprint density at radius 3 is 2.81 bits per heavy atom. The molecule has 0 aliphatic carbocycles. The van der Waals surface area contributed by atoms with Crippen LogP contribution in [0, 0.1) is 0 Å². The number of hydrogen-bond donors (Lipinski definition) is 1. The quantitative estimate of drug-likeness (QED) is 0.462. The number of para-hydroxylation sites is 1. The van der Waals surface area contributed by atoms with E-state index in [0.717, 1.165) is 16.8 Å². The predicted molar refractivity (Wildman–Crippen MR) is 113 cm³/mol. The molecule has 1 amide bonds. The van der Waals surface area contributed by atoms with Crippen LogP contribution in [-0.2, 0) is 11.8 Å². The maximum Gasteiger partial charge on any atom is 0.234 e. The van der Waals surface area contributed by atoms with E-state index in [1.165, 1.54) is 16.5 Å². The van der Waals surface area contributed by atoms with Gasteiger partial charge in [-0.15, -0.1) is 21.5 Å². The molecule has 0 spiro atoms. The molecule has 0 aliphatic heterocycles. The molecule has 0 unspecified atom stereocenters. The van der Waals surface area contributed by atoms with Crippen LogP contribution >= 0.6 is 34.7 Å². The molecule has 0 radical (unpaired) electrons. The van der Waals surface area contributed by atoms with E-state index in [4.69, 9.17) is 11.6 Å². The van der Waals surface area contributed by atoms with Crippen molar-refractivity contribution in [2.45, 2.75) is 5.16 Å². The highest BCUT2D eigenvalue weighted by Gasteiger charge is 2.16. The van der Waals surface area contributed by atoms with Crippen molar-refractivity contribution < 1.29 is 4.79 Å². The van der Waals surface area contributed by atoms with Gasteiger partial charge in [-0.25, -0.2) is 0 Å². The maximum absolute atomic E-state index is 12.2. The van der Waals surface area contributed by atoms with Gasteiger partial charge in [0.1, 0.15) is 0 Å². The van der Waals surface area contributed by atoms with E-state index in [1.54, 1.807) is 23.5 Å². The number of fused-ring (bicyclic) bond motifs is 1. The fourth-order valence-electron chi connectivity index (χ4n) is 2.71. The van der Waals surface area contributed by atoms with E-state index in [2.05, 4.69) is 33.0 Å². The SMILES string of the molecule is Cn1c(SCC(=O)Nc2ccccc2Cl)nnc1-c1csc2ccccc12. The fraction of sp³-hybridized carbons (Fsp3) is 0.105. The molecular weight excluding hydrogens is 400 g/mol. The molecule has 0 bridgehead atoms. The van der Waals surface area contributed by atoms with Crippen molar-refractivity contribution in [2.75, 3.05) is 11.1 Å². The first-order valence-corrected chi connectivity index (χ1v) is 10.4. The van der Waals surface area contributed by atoms with Crippen LogP contribution in [0.5, 0.6) is 0 Å². The van der Waals surface area contributed by atoms with Gasteiger partial charge in [-0.1, -0.05) is 53.7 Å². The van der Waals surface area contributed by atoms with Gasteiger partial charge in [-0.05, 0) is 18.2 Å². The lowest BCUT2D eigenvalue weighted by atomic mass is 10.2. The summed E-state index contributed by atoms with van der Waals surface area (Å²) < 4.78 is 3.13.